The highest BCUT2D eigenvalue weighted by atomic mass is 79.9. The second-order valence-corrected chi connectivity index (χ2v) is 4.60. The number of anilines is 1. The Morgan fingerprint density at radius 2 is 2.11 bits per heavy atom. The lowest BCUT2D eigenvalue weighted by molar-refractivity contribution is 0.102. The number of pyridine rings is 1. The molecule has 0 spiro atoms. The quantitative estimate of drug-likeness (QED) is 0.911. The molecule has 0 bridgehead atoms. The van der Waals surface area contributed by atoms with Crippen molar-refractivity contribution in [3.63, 3.8) is 0 Å². The number of nitrogens with one attached hydrogen (secondary N) is 2. The number of hydrogen-bond donors (Lipinski definition) is 2. The number of ether oxygens (including phenoxy) is 1. The van der Waals surface area contributed by atoms with Crippen molar-refractivity contribution in [3.8, 4) is 5.75 Å². The molecule has 1 aromatic carbocycles. The summed E-state index contributed by atoms with van der Waals surface area (Å²) in [6.07, 6.45) is 1.43. The summed E-state index contributed by atoms with van der Waals surface area (Å²) in [4.78, 5) is 25.5. The Kier molecular flexibility index (Phi) is 4.01. The van der Waals surface area contributed by atoms with Crippen LogP contribution in [0.2, 0.25) is 0 Å². The summed E-state index contributed by atoms with van der Waals surface area (Å²) in [6, 6.07) is 7.96. The van der Waals surface area contributed by atoms with Gasteiger partial charge in [0.2, 0.25) is 5.56 Å². The van der Waals surface area contributed by atoms with Crippen LogP contribution in [0, 0.1) is 0 Å². The van der Waals surface area contributed by atoms with Crippen LogP contribution in [0.1, 0.15) is 10.4 Å². The Labute approximate surface area is 117 Å². The molecular formula is C13H11BrN2O3. The van der Waals surface area contributed by atoms with Gasteiger partial charge in [-0.2, -0.15) is 0 Å². The number of amides is 1. The number of carbonyl (C=O) groups is 1. The lowest BCUT2D eigenvalue weighted by Crippen LogP contribution is -2.15. The van der Waals surface area contributed by atoms with Gasteiger partial charge in [0, 0.05) is 23.5 Å². The van der Waals surface area contributed by atoms with Gasteiger partial charge in [-0.1, -0.05) is 0 Å². The molecule has 0 radical (unpaired) electrons. The number of aromatic amines is 1. The van der Waals surface area contributed by atoms with E-state index >= 15 is 0 Å². The van der Waals surface area contributed by atoms with E-state index < -0.39 is 0 Å². The molecule has 19 heavy (non-hydrogen) atoms. The van der Waals surface area contributed by atoms with Crippen LogP contribution in [-0.2, 0) is 0 Å². The molecule has 1 heterocycles. The van der Waals surface area contributed by atoms with E-state index in [1.54, 1.807) is 25.3 Å². The maximum atomic E-state index is 11.9. The van der Waals surface area contributed by atoms with E-state index in [9.17, 15) is 9.59 Å². The third kappa shape index (κ3) is 3.23. The van der Waals surface area contributed by atoms with Crippen molar-refractivity contribution in [1.29, 1.82) is 0 Å². The van der Waals surface area contributed by atoms with Gasteiger partial charge in [0.15, 0.2) is 0 Å². The molecule has 2 aromatic rings. The average molecular weight is 323 g/mol. The van der Waals surface area contributed by atoms with E-state index in [4.69, 9.17) is 4.74 Å². The molecule has 0 saturated carbocycles. The fourth-order valence-electron chi connectivity index (χ4n) is 1.53. The fourth-order valence-corrected chi connectivity index (χ4v) is 2.07. The molecular weight excluding hydrogens is 312 g/mol. The van der Waals surface area contributed by atoms with Gasteiger partial charge in [-0.25, -0.2) is 0 Å². The first kappa shape index (κ1) is 13.4. The van der Waals surface area contributed by atoms with Crippen molar-refractivity contribution < 1.29 is 9.53 Å². The molecule has 6 heteroatoms. The number of aromatic nitrogens is 1. The Bertz CT molecular complexity index is 667. The predicted molar refractivity (Wildman–Crippen MR) is 75.7 cm³/mol. The Hall–Kier alpha value is -2.08. The summed E-state index contributed by atoms with van der Waals surface area (Å²) < 4.78 is 5.84. The van der Waals surface area contributed by atoms with E-state index in [0.29, 0.717) is 17.0 Å². The van der Waals surface area contributed by atoms with Crippen molar-refractivity contribution in [2.24, 2.45) is 0 Å². The van der Waals surface area contributed by atoms with Crippen LogP contribution in [-0.4, -0.2) is 18.0 Å². The van der Waals surface area contributed by atoms with E-state index in [1.165, 1.54) is 18.3 Å². The summed E-state index contributed by atoms with van der Waals surface area (Å²) in [7, 11) is 1.56. The largest absolute Gasteiger partial charge is 0.496 e. The van der Waals surface area contributed by atoms with Gasteiger partial charge in [0.25, 0.3) is 5.91 Å². The van der Waals surface area contributed by atoms with Crippen molar-refractivity contribution in [2.45, 2.75) is 0 Å². The number of carbonyl (C=O) groups excluding carboxylic acids is 1. The number of benzene rings is 1. The molecule has 0 aliphatic carbocycles. The van der Waals surface area contributed by atoms with Gasteiger partial charge in [-0.3, -0.25) is 9.59 Å². The number of H-pyrrole nitrogens is 1. The summed E-state index contributed by atoms with van der Waals surface area (Å²) in [5.41, 5.74) is 0.595. The van der Waals surface area contributed by atoms with Gasteiger partial charge in [0.05, 0.1) is 11.6 Å². The monoisotopic (exact) mass is 322 g/mol. The van der Waals surface area contributed by atoms with Crippen LogP contribution >= 0.6 is 15.9 Å². The molecule has 0 atom stereocenters. The van der Waals surface area contributed by atoms with Crippen LogP contribution in [0.3, 0.4) is 0 Å². The molecule has 1 amide bonds. The zero-order chi connectivity index (χ0) is 13.8. The molecule has 0 aliphatic heterocycles. The van der Waals surface area contributed by atoms with Crippen molar-refractivity contribution in [3.05, 3.63) is 56.9 Å². The Morgan fingerprint density at radius 3 is 2.74 bits per heavy atom. The molecule has 5 nitrogen and oxygen atoms in total. The highest BCUT2D eigenvalue weighted by molar-refractivity contribution is 9.10. The van der Waals surface area contributed by atoms with E-state index in [0.717, 1.165) is 4.47 Å². The van der Waals surface area contributed by atoms with E-state index in [2.05, 4.69) is 26.2 Å². The number of rotatable bonds is 3. The van der Waals surface area contributed by atoms with E-state index in [1.807, 2.05) is 0 Å². The zero-order valence-electron chi connectivity index (χ0n) is 10.1. The number of methoxy groups -OCH3 is 1. The highest BCUT2D eigenvalue weighted by Gasteiger charge is 2.08. The molecule has 0 aliphatic rings. The minimum absolute atomic E-state index is 0.302. The highest BCUT2D eigenvalue weighted by Crippen LogP contribution is 2.27. The summed E-state index contributed by atoms with van der Waals surface area (Å²) in [5.74, 6) is 0.331. The van der Waals surface area contributed by atoms with Gasteiger partial charge >= 0.3 is 0 Å². The number of halogens is 1. The molecule has 2 N–H and O–H groups in total. The predicted octanol–water partition coefficient (Wildman–Crippen LogP) is 2.40. The summed E-state index contributed by atoms with van der Waals surface area (Å²) >= 11 is 3.33. The Morgan fingerprint density at radius 1 is 1.32 bits per heavy atom. The zero-order valence-corrected chi connectivity index (χ0v) is 11.7. The standard InChI is InChI=1S/C13H11BrN2O3/c1-19-11-3-2-9(7-10(11)14)16-13(18)8-4-5-15-12(17)6-8/h2-7H,1H3,(H,15,17)(H,16,18). The first-order chi connectivity index (χ1) is 9.10. The smallest absolute Gasteiger partial charge is 0.255 e. The molecule has 98 valence electrons. The second-order valence-electron chi connectivity index (χ2n) is 3.75. The fraction of sp³-hybridized carbons (Fsp3) is 0.0769. The molecule has 0 fully saturated rings. The number of hydrogen-bond acceptors (Lipinski definition) is 3. The van der Waals surface area contributed by atoms with Crippen LogP contribution < -0.4 is 15.6 Å². The lowest BCUT2D eigenvalue weighted by atomic mass is 10.2. The van der Waals surface area contributed by atoms with Crippen LogP contribution in [0.25, 0.3) is 0 Å². The molecule has 1 aromatic heterocycles. The third-order valence-corrected chi connectivity index (χ3v) is 3.07. The second kappa shape index (κ2) is 5.71. The Balaban J connectivity index is 2.19. The first-order valence-corrected chi connectivity index (χ1v) is 6.23. The molecule has 0 saturated heterocycles. The molecule has 0 unspecified atom stereocenters. The third-order valence-electron chi connectivity index (χ3n) is 2.45. The first-order valence-electron chi connectivity index (χ1n) is 5.44. The van der Waals surface area contributed by atoms with Gasteiger partial charge in [-0.15, -0.1) is 0 Å². The molecule has 2 rings (SSSR count). The van der Waals surface area contributed by atoms with Crippen molar-refractivity contribution >= 4 is 27.5 Å². The van der Waals surface area contributed by atoms with Crippen molar-refractivity contribution in [2.75, 3.05) is 12.4 Å². The van der Waals surface area contributed by atoms with E-state index in [-0.39, 0.29) is 11.5 Å². The maximum Gasteiger partial charge on any atom is 0.255 e. The topological polar surface area (TPSA) is 71.2 Å². The summed E-state index contributed by atoms with van der Waals surface area (Å²) in [6.45, 7) is 0. The average Bonchev–Trinajstić information content (AvgIpc) is 2.39. The normalized spacial score (nSPS) is 10.0. The summed E-state index contributed by atoms with van der Waals surface area (Å²) in [5, 5.41) is 2.70. The van der Waals surface area contributed by atoms with Gasteiger partial charge < -0.3 is 15.0 Å². The van der Waals surface area contributed by atoms with Crippen LogP contribution in [0.4, 0.5) is 5.69 Å². The maximum absolute atomic E-state index is 11.9. The van der Waals surface area contributed by atoms with Crippen LogP contribution in [0.5, 0.6) is 5.75 Å². The van der Waals surface area contributed by atoms with Gasteiger partial charge in [-0.05, 0) is 40.2 Å². The minimum atomic E-state index is -0.344. The SMILES string of the molecule is COc1ccc(NC(=O)c2cc[nH]c(=O)c2)cc1Br. The van der Waals surface area contributed by atoms with Gasteiger partial charge in [0.1, 0.15) is 5.75 Å². The lowest BCUT2D eigenvalue weighted by Gasteiger charge is -2.08. The van der Waals surface area contributed by atoms with Crippen LogP contribution in [0.15, 0.2) is 45.8 Å². The minimum Gasteiger partial charge on any atom is -0.496 e. The van der Waals surface area contributed by atoms with Crippen molar-refractivity contribution in [1.82, 2.24) is 4.98 Å².